The molecule has 6 nitrogen and oxygen atoms in total. The van der Waals surface area contributed by atoms with E-state index >= 15 is 0 Å². The fraction of sp³-hybridized carbons (Fsp3) is 0.107. The van der Waals surface area contributed by atoms with Crippen molar-refractivity contribution in [2.75, 3.05) is 0 Å². The molecule has 0 saturated carbocycles. The smallest absolute Gasteiger partial charge is 0.343 e. The van der Waals surface area contributed by atoms with E-state index < -0.39 is 12.2 Å². The quantitative estimate of drug-likeness (QED) is 0.265. The van der Waals surface area contributed by atoms with Crippen LogP contribution in [0.15, 0.2) is 95.4 Å². The number of aryl methyl sites for hydroxylation is 1. The minimum atomic E-state index is -0.433. The molecule has 4 aromatic rings. The summed E-state index contributed by atoms with van der Waals surface area (Å²) >= 11 is 6.31. The number of hydrazine groups is 1. The number of hydrogen-bond donors (Lipinski definition) is 1. The Bertz CT molecular complexity index is 1430. The van der Waals surface area contributed by atoms with Gasteiger partial charge < -0.3 is 19.3 Å². The van der Waals surface area contributed by atoms with E-state index in [0.29, 0.717) is 16.3 Å². The third-order valence-electron chi connectivity index (χ3n) is 6.05. The molecule has 0 spiro atoms. The Labute approximate surface area is 207 Å². The first kappa shape index (κ1) is 21.5. The molecule has 0 amide bonds. The fourth-order valence-electron chi connectivity index (χ4n) is 4.35. The first-order valence-electron chi connectivity index (χ1n) is 11.2. The topological polar surface area (TPSA) is 63.9 Å². The molecule has 2 unspecified atom stereocenters. The Morgan fingerprint density at radius 3 is 2.54 bits per heavy atom. The van der Waals surface area contributed by atoms with Gasteiger partial charge in [0.15, 0.2) is 12.0 Å². The summed E-state index contributed by atoms with van der Waals surface area (Å²) in [5.74, 6) is 2.41. The molecule has 174 valence electrons. The van der Waals surface area contributed by atoms with Crippen LogP contribution in [0.1, 0.15) is 45.3 Å². The number of carbonyl (C=O) groups excluding carboxylic acids is 1. The van der Waals surface area contributed by atoms with Gasteiger partial charge in [0.2, 0.25) is 0 Å². The van der Waals surface area contributed by atoms with E-state index in [2.05, 4.69) is 11.5 Å². The molecular weight excluding hydrogens is 464 g/mol. The fourth-order valence-corrected chi connectivity index (χ4v) is 4.53. The van der Waals surface area contributed by atoms with Crippen LogP contribution in [0.2, 0.25) is 5.02 Å². The largest absolute Gasteiger partial charge is 0.469 e. The predicted molar refractivity (Wildman–Crippen MR) is 132 cm³/mol. The highest BCUT2D eigenvalue weighted by Gasteiger charge is 2.40. The van der Waals surface area contributed by atoms with Crippen LogP contribution in [0.25, 0.3) is 5.70 Å². The Balaban J connectivity index is 1.29. The van der Waals surface area contributed by atoms with Crippen LogP contribution in [-0.2, 0) is 0 Å². The second-order valence-electron chi connectivity index (χ2n) is 8.43. The number of nitrogens with zero attached hydrogens (tertiary/aromatic N) is 1. The molecule has 0 radical (unpaired) electrons. The van der Waals surface area contributed by atoms with E-state index in [9.17, 15) is 4.79 Å². The van der Waals surface area contributed by atoms with Crippen LogP contribution in [0.5, 0.6) is 11.5 Å². The van der Waals surface area contributed by atoms with Crippen molar-refractivity contribution in [2.24, 2.45) is 0 Å². The number of rotatable bonds is 4. The van der Waals surface area contributed by atoms with Crippen molar-refractivity contribution in [3.63, 3.8) is 0 Å². The van der Waals surface area contributed by atoms with Crippen molar-refractivity contribution < 1.29 is 18.7 Å². The van der Waals surface area contributed by atoms with Crippen molar-refractivity contribution in [2.45, 2.75) is 19.2 Å². The van der Waals surface area contributed by atoms with Gasteiger partial charge in [0.1, 0.15) is 17.3 Å². The van der Waals surface area contributed by atoms with Crippen LogP contribution in [-0.4, -0.2) is 11.0 Å². The number of hydrogen-bond acceptors (Lipinski definition) is 6. The lowest BCUT2D eigenvalue weighted by molar-refractivity contribution is -0.0328. The Kier molecular flexibility index (Phi) is 5.32. The van der Waals surface area contributed by atoms with E-state index in [1.54, 1.807) is 36.4 Å². The molecule has 0 saturated heterocycles. The maximum absolute atomic E-state index is 12.4. The molecule has 0 bridgehead atoms. The van der Waals surface area contributed by atoms with Gasteiger partial charge >= 0.3 is 5.97 Å². The summed E-state index contributed by atoms with van der Waals surface area (Å²) in [6.07, 6.45) is 1.68. The summed E-state index contributed by atoms with van der Waals surface area (Å²) in [7, 11) is 0. The number of ether oxygens (including phenoxy) is 2. The first-order chi connectivity index (χ1) is 17.0. The number of esters is 1. The Hall–Kier alpha value is -4.00. The molecule has 1 aromatic heterocycles. The minimum Gasteiger partial charge on any atom is -0.469 e. The molecule has 3 aromatic carbocycles. The van der Waals surface area contributed by atoms with Crippen molar-refractivity contribution in [3.05, 3.63) is 124 Å². The average molecular weight is 485 g/mol. The van der Waals surface area contributed by atoms with Crippen molar-refractivity contribution in [1.82, 2.24) is 10.4 Å². The first-order valence-corrected chi connectivity index (χ1v) is 11.6. The third kappa shape index (κ3) is 4.07. The van der Waals surface area contributed by atoms with Crippen molar-refractivity contribution >= 4 is 23.3 Å². The summed E-state index contributed by atoms with van der Waals surface area (Å²) in [4.78, 5) is 12.4. The van der Waals surface area contributed by atoms with Gasteiger partial charge in [-0.05, 0) is 67.6 Å². The van der Waals surface area contributed by atoms with Crippen molar-refractivity contribution in [3.8, 4) is 11.5 Å². The zero-order valence-electron chi connectivity index (χ0n) is 18.8. The Morgan fingerprint density at radius 2 is 1.80 bits per heavy atom. The lowest BCUT2D eigenvalue weighted by atomic mass is 10.0. The summed E-state index contributed by atoms with van der Waals surface area (Å²) < 4.78 is 17.8. The third-order valence-corrected chi connectivity index (χ3v) is 6.28. The average Bonchev–Trinajstić information content (AvgIpc) is 3.51. The highest BCUT2D eigenvalue weighted by atomic mass is 35.5. The van der Waals surface area contributed by atoms with Crippen LogP contribution in [0, 0.1) is 6.92 Å². The molecule has 2 atom stereocenters. The second-order valence-corrected chi connectivity index (χ2v) is 8.87. The normalized spacial score (nSPS) is 18.6. The van der Waals surface area contributed by atoms with Crippen LogP contribution >= 0.6 is 11.6 Å². The number of halogens is 1. The SMILES string of the molecule is Cc1ccc(C2=CC3c4cc(Cl)ccc4OC(c4ccc(OC(=O)c5ccccc5)cc4)N3N2)o1. The maximum atomic E-state index is 12.4. The van der Waals surface area contributed by atoms with Gasteiger partial charge in [-0.3, -0.25) is 0 Å². The van der Waals surface area contributed by atoms with Crippen LogP contribution in [0.4, 0.5) is 0 Å². The maximum Gasteiger partial charge on any atom is 0.343 e. The van der Waals surface area contributed by atoms with Gasteiger partial charge in [-0.2, -0.15) is 5.01 Å². The highest BCUT2D eigenvalue weighted by molar-refractivity contribution is 6.30. The zero-order valence-corrected chi connectivity index (χ0v) is 19.5. The number of nitrogens with one attached hydrogen (secondary N) is 1. The number of carbonyl (C=O) groups is 1. The molecule has 0 fully saturated rings. The summed E-state index contributed by atoms with van der Waals surface area (Å²) in [6.45, 7) is 1.92. The lowest BCUT2D eigenvalue weighted by Crippen LogP contribution is -2.43. The van der Waals surface area contributed by atoms with E-state index in [-0.39, 0.29) is 6.04 Å². The highest BCUT2D eigenvalue weighted by Crippen LogP contribution is 2.46. The van der Waals surface area contributed by atoms with E-state index in [1.807, 2.05) is 60.5 Å². The van der Waals surface area contributed by atoms with Gasteiger partial charge in [0.05, 0.1) is 17.3 Å². The number of benzene rings is 3. The van der Waals surface area contributed by atoms with Gasteiger partial charge in [-0.25, -0.2) is 4.79 Å². The number of furan rings is 1. The molecule has 1 N–H and O–H groups in total. The van der Waals surface area contributed by atoms with Gasteiger partial charge in [0.25, 0.3) is 0 Å². The predicted octanol–water partition coefficient (Wildman–Crippen LogP) is 6.45. The molecule has 0 aliphatic carbocycles. The van der Waals surface area contributed by atoms with Gasteiger partial charge in [-0.1, -0.05) is 41.9 Å². The van der Waals surface area contributed by atoms with E-state index in [4.69, 9.17) is 25.5 Å². The molecule has 2 aliphatic heterocycles. The van der Waals surface area contributed by atoms with Crippen molar-refractivity contribution in [1.29, 1.82) is 0 Å². The second kappa shape index (κ2) is 8.65. The molecule has 3 heterocycles. The molecule has 2 aliphatic rings. The molecule has 7 heteroatoms. The lowest BCUT2D eigenvalue weighted by Gasteiger charge is -2.39. The van der Waals surface area contributed by atoms with Crippen LogP contribution in [0.3, 0.4) is 0 Å². The van der Waals surface area contributed by atoms with E-state index in [1.165, 1.54) is 0 Å². The Morgan fingerprint density at radius 1 is 1.00 bits per heavy atom. The number of fused-ring (bicyclic) bond motifs is 3. The summed E-state index contributed by atoms with van der Waals surface area (Å²) in [6, 6.07) is 25.6. The minimum absolute atomic E-state index is 0.113. The molecule has 6 rings (SSSR count). The zero-order chi connectivity index (χ0) is 23.9. The monoisotopic (exact) mass is 484 g/mol. The summed E-state index contributed by atoms with van der Waals surface area (Å²) in [5, 5.41) is 2.67. The van der Waals surface area contributed by atoms with Gasteiger partial charge in [0, 0.05) is 16.1 Å². The summed E-state index contributed by atoms with van der Waals surface area (Å²) in [5.41, 5.74) is 6.67. The standard InChI is InChI=1S/C28H21ClN2O4/c1-17-7-13-26(33-17)23-16-24-22-15-20(29)10-14-25(22)35-27(31(24)30-23)18-8-11-21(12-9-18)34-28(32)19-5-3-2-4-6-19/h2-16,24,27,30H,1H3. The van der Waals surface area contributed by atoms with E-state index in [0.717, 1.165) is 34.1 Å². The van der Waals surface area contributed by atoms with Gasteiger partial charge in [-0.15, -0.1) is 0 Å². The molecular formula is C28H21ClN2O4. The van der Waals surface area contributed by atoms with Crippen LogP contribution < -0.4 is 14.9 Å². The molecule has 35 heavy (non-hydrogen) atoms.